The number of nitrogens with zero attached hydrogens (tertiary/aromatic N) is 2. The second-order valence-corrected chi connectivity index (χ2v) is 7.61. The maximum Gasteiger partial charge on any atom is 0.226 e. The average Bonchev–Trinajstić information content (AvgIpc) is 2.54. The summed E-state index contributed by atoms with van der Waals surface area (Å²) in [4.78, 5) is 16.9. The first kappa shape index (κ1) is 18.3. The third-order valence-electron chi connectivity index (χ3n) is 5.22. The Kier molecular flexibility index (Phi) is 6.07. The number of hydrogen-bond acceptors (Lipinski definition) is 3. The van der Waals surface area contributed by atoms with Crippen LogP contribution in [0.25, 0.3) is 0 Å². The highest BCUT2D eigenvalue weighted by Gasteiger charge is 2.27. The number of amides is 1. The quantitative estimate of drug-likeness (QED) is 0.839. The molecule has 0 bridgehead atoms. The van der Waals surface area contributed by atoms with Crippen LogP contribution >= 0.6 is 0 Å². The number of carbonyl (C=O) groups is 1. The van der Waals surface area contributed by atoms with Crippen molar-refractivity contribution < 1.29 is 13.9 Å². The highest BCUT2D eigenvalue weighted by molar-refractivity contribution is 5.78. The summed E-state index contributed by atoms with van der Waals surface area (Å²) in [6, 6.07) is 6.33. The minimum atomic E-state index is -0.280. The third kappa shape index (κ3) is 5.25. The molecule has 0 saturated carbocycles. The average molecular weight is 348 g/mol. The number of halogens is 1. The van der Waals surface area contributed by atoms with Crippen LogP contribution in [-0.4, -0.2) is 60.6 Å². The highest BCUT2D eigenvalue weighted by atomic mass is 19.1. The first-order valence-electron chi connectivity index (χ1n) is 9.39. The zero-order valence-corrected chi connectivity index (χ0v) is 15.3. The Morgan fingerprint density at radius 1 is 1.20 bits per heavy atom. The molecule has 0 unspecified atom stereocenters. The van der Waals surface area contributed by atoms with E-state index in [0.717, 1.165) is 51.1 Å². The van der Waals surface area contributed by atoms with Gasteiger partial charge in [0.05, 0.1) is 18.6 Å². The van der Waals surface area contributed by atoms with Crippen molar-refractivity contribution in [3.8, 4) is 0 Å². The van der Waals surface area contributed by atoms with Crippen molar-refractivity contribution >= 4 is 5.91 Å². The Labute approximate surface area is 149 Å². The van der Waals surface area contributed by atoms with Crippen LogP contribution in [0.2, 0.25) is 0 Å². The number of piperidine rings is 1. The zero-order chi connectivity index (χ0) is 17.8. The first-order valence-corrected chi connectivity index (χ1v) is 9.39. The molecular formula is C20H29FN2O2. The van der Waals surface area contributed by atoms with E-state index < -0.39 is 0 Å². The van der Waals surface area contributed by atoms with E-state index in [2.05, 4.69) is 18.7 Å². The van der Waals surface area contributed by atoms with Crippen molar-refractivity contribution in [3.05, 3.63) is 35.6 Å². The largest absolute Gasteiger partial charge is 0.373 e. The molecular weight excluding hydrogens is 319 g/mol. The zero-order valence-electron chi connectivity index (χ0n) is 15.3. The van der Waals surface area contributed by atoms with Crippen LogP contribution in [-0.2, 0) is 16.0 Å². The minimum absolute atomic E-state index is 0.109. The van der Waals surface area contributed by atoms with Gasteiger partial charge in [-0.25, -0.2) is 4.39 Å². The van der Waals surface area contributed by atoms with Gasteiger partial charge < -0.3 is 9.64 Å². The maximum atomic E-state index is 13.3. The molecule has 4 nitrogen and oxygen atoms in total. The van der Waals surface area contributed by atoms with Crippen LogP contribution < -0.4 is 0 Å². The standard InChI is InChI=1S/C20H29FN2O2/c1-15-12-22(13-16(2)25-15)14-17-6-8-23(9-7-17)20(24)11-18-4-3-5-19(21)10-18/h3-5,10,15-17H,6-9,11-14H2,1-2H3/t15-,16-/m1/s1. The first-order chi connectivity index (χ1) is 12.0. The Bertz CT molecular complexity index is 577. The maximum absolute atomic E-state index is 13.3. The Morgan fingerprint density at radius 3 is 2.52 bits per heavy atom. The molecule has 1 aromatic rings. The monoisotopic (exact) mass is 348 g/mol. The Balaban J connectivity index is 1.44. The van der Waals surface area contributed by atoms with Gasteiger partial charge in [-0.1, -0.05) is 12.1 Å². The molecule has 2 saturated heterocycles. The number of ether oxygens (including phenoxy) is 1. The number of morpholine rings is 1. The van der Waals surface area contributed by atoms with Crippen LogP contribution in [0.4, 0.5) is 4.39 Å². The Hall–Kier alpha value is -1.46. The second kappa shape index (κ2) is 8.28. The molecule has 0 aliphatic carbocycles. The van der Waals surface area contributed by atoms with Crippen LogP contribution in [0.5, 0.6) is 0 Å². The van der Waals surface area contributed by atoms with Gasteiger partial charge in [-0.2, -0.15) is 0 Å². The lowest BCUT2D eigenvalue weighted by Crippen LogP contribution is -2.48. The molecule has 2 aliphatic heterocycles. The van der Waals surface area contributed by atoms with Crippen LogP contribution in [0.15, 0.2) is 24.3 Å². The molecule has 0 N–H and O–H groups in total. The summed E-state index contributed by atoms with van der Waals surface area (Å²) in [5.74, 6) is 0.478. The van der Waals surface area contributed by atoms with Gasteiger partial charge >= 0.3 is 0 Å². The van der Waals surface area contributed by atoms with E-state index in [1.165, 1.54) is 12.1 Å². The predicted octanol–water partition coefficient (Wildman–Crippen LogP) is 2.72. The van der Waals surface area contributed by atoms with Gasteiger partial charge in [-0.15, -0.1) is 0 Å². The van der Waals surface area contributed by atoms with E-state index >= 15 is 0 Å². The van der Waals surface area contributed by atoms with Crippen molar-refractivity contribution in [2.24, 2.45) is 5.92 Å². The normalized spacial score (nSPS) is 26.0. The summed E-state index contributed by atoms with van der Waals surface area (Å²) in [6.07, 6.45) is 3.00. The van der Waals surface area contributed by atoms with Crippen molar-refractivity contribution in [3.63, 3.8) is 0 Å². The lowest BCUT2D eigenvalue weighted by molar-refractivity contribution is -0.132. The molecule has 0 spiro atoms. The van der Waals surface area contributed by atoms with Gasteiger partial charge in [0, 0.05) is 32.7 Å². The van der Waals surface area contributed by atoms with Crippen molar-refractivity contribution in [2.45, 2.75) is 45.3 Å². The van der Waals surface area contributed by atoms with Gasteiger partial charge in [-0.05, 0) is 50.3 Å². The topological polar surface area (TPSA) is 32.8 Å². The second-order valence-electron chi connectivity index (χ2n) is 7.61. The number of hydrogen-bond donors (Lipinski definition) is 0. The molecule has 0 aromatic heterocycles. The van der Waals surface area contributed by atoms with E-state index in [9.17, 15) is 9.18 Å². The van der Waals surface area contributed by atoms with Crippen molar-refractivity contribution in [1.29, 1.82) is 0 Å². The summed E-state index contributed by atoms with van der Waals surface area (Å²) < 4.78 is 19.0. The summed E-state index contributed by atoms with van der Waals surface area (Å²) in [7, 11) is 0. The van der Waals surface area contributed by atoms with E-state index in [1.54, 1.807) is 6.07 Å². The summed E-state index contributed by atoms with van der Waals surface area (Å²) >= 11 is 0. The van der Waals surface area contributed by atoms with E-state index in [-0.39, 0.29) is 11.7 Å². The van der Waals surface area contributed by atoms with Gasteiger partial charge in [0.25, 0.3) is 0 Å². The molecule has 2 atom stereocenters. The van der Waals surface area contributed by atoms with Gasteiger partial charge in [0.2, 0.25) is 5.91 Å². The lowest BCUT2D eigenvalue weighted by Gasteiger charge is -2.39. The fourth-order valence-corrected chi connectivity index (χ4v) is 4.10. The molecule has 1 aromatic carbocycles. The molecule has 0 radical (unpaired) electrons. The van der Waals surface area contributed by atoms with Gasteiger partial charge in [-0.3, -0.25) is 9.69 Å². The van der Waals surface area contributed by atoms with E-state index in [1.807, 2.05) is 11.0 Å². The smallest absolute Gasteiger partial charge is 0.226 e. The van der Waals surface area contributed by atoms with Crippen LogP contribution in [0, 0.1) is 11.7 Å². The third-order valence-corrected chi connectivity index (χ3v) is 5.22. The predicted molar refractivity (Wildman–Crippen MR) is 95.9 cm³/mol. The summed E-state index contributed by atoms with van der Waals surface area (Å²) in [6.45, 7) is 9.01. The molecule has 2 aliphatic rings. The molecule has 1 amide bonds. The number of benzene rings is 1. The van der Waals surface area contributed by atoms with Gasteiger partial charge in [0.1, 0.15) is 5.82 Å². The number of carbonyl (C=O) groups excluding carboxylic acids is 1. The molecule has 2 fully saturated rings. The molecule has 3 rings (SSSR count). The molecule has 25 heavy (non-hydrogen) atoms. The molecule has 138 valence electrons. The lowest BCUT2D eigenvalue weighted by atomic mass is 9.95. The highest BCUT2D eigenvalue weighted by Crippen LogP contribution is 2.21. The van der Waals surface area contributed by atoms with E-state index in [4.69, 9.17) is 4.74 Å². The summed E-state index contributed by atoms with van der Waals surface area (Å²) in [5, 5.41) is 0. The molecule has 2 heterocycles. The fraction of sp³-hybridized carbons (Fsp3) is 0.650. The van der Waals surface area contributed by atoms with Crippen LogP contribution in [0.1, 0.15) is 32.3 Å². The van der Waals surface area contributed by atoms with Crippen molar-refractivity contribution in [1.82, 2.24) is 9.80 Å². The van der Waals surface area contributed by atoms with Crippen LogP contribution in [0.3, 0.4) is 0 Å². The van der Waals surface area contributed by atoms with E-state index in [0.29, 0.717) is 24.5 Å². The fourth-order valence-electron chi connectivity index (χ4n) is 4.10. The molecule has 5 heteroatoms. The Morgan fingerprint density at radius 2 is 1.88 bits per heavy atom. The summed E-state index contributed by atoms with van der Waals surface area (Å²) in [5.41, 5.74) is 0.753. The number of likely N-dealkylation sites (tertiary alicyclic amines) is 1. The minimum Gasteiger partial charge on any atom is -0.373 e. The van der Waals surface area contributed by atoms with Gasteiger partial charge in [0.15, 0.2) is 0 Å². The SMILES string of the molecule is C[C@@H]1CN(CC2CCN(C(=O)Cc3cccc(F)c3)CC2)C[C@@H](C)O1. The van der Waals surface area contributed by atoms with Crippen molar-refractivity contribution in [2.75, 3.05) is 32.7 Å². The number of rotatable bonds is 4.